The van der Waals surface area contributed by atoms with Crippen LogP contribution in [0.2, 0.25) is 0 Å². The molecule has 122 valence electrons. The van der Waals surface area contributed by atoms with Crippen LogP contribution in [0.3, 0.4) is 0 Å². The summed E-state index contributed by atoms with van der Waals surface area (Å²) in [4.78, 5) is 28.2. The van der Waals surface area contributed by atoms with E-state index < -0.39 is 5.91 Å². The Morgan fingerprint density at radius 2 is 2.08 bits per heavy atom. The summed E-state index contributed by atoms with van der Waals surface area (Å²) in [5.41, 5.74) is 1.39. The summed E-state index contributed by atoms with van der Waals surface area (Å²) in [6.07, 6.45) is 1.39. The Morgan fingerprint density at radius 3 is 2.83 bits per heavy atom. The van der Waals surface area contributed by atoms with Gasteiger partial charge in [0.15, 0.2) is 0 Å². The van der Waals surface area contributed by atoms with Crippen molar-refractivity contribution in [3.8, 4) is 6.07 Å². The van der Waals surface area contributed by atoms with Gasteiger partial charge in [-0.2, -0.15) is 5.26 Å². The fourth-order valence-corrected chi connectivity index (χ4v) is 1.92. The van der Waals surface area contributed by atoms with E-state index in [0.717, 1.165) is 0 Å². The number of nitriles is 1. The second-order valence-corrected chi connectivity index (χ2v) is 4.83. The van der Waals surface area contributed by atoms with Gasteiger partial charge in [0.25, 0.3) is 11.8 Å². The van der Waals surface area contributed by atoms with E-state index in [1.54, 1.807) is 24.3 Å². The summed E-state index contributed by atoms with van der Waals surface area (Å²) < 4.78 is 4.85. The van der Waals surface area contributed by atoms with Crippen LogP contribution >= 0.6 is 0 Å². The molecule has 2 rings (SSSR count). The van der Waals surface area contributed by atoms with Gasteiger partial charge in [-0.05, 0) is 30.3 Å². The van der Waals surface area contributed by atoms with Crippen molar-refractivity contribution in [3.63, 3.8) is 0 Å². The zero-order valence-electron chi connectivity index (χ0n) is 13.1. The number of nitrogens with zero attached hydrogens (tertiary/aromatic N) is 2. The van der Waals surface area contributed by atoms with Gasteiger partial charge in [-0.1, -0.05) is 6.07 Å². The van der Waals surface area contributed by atoms with E-state index in [0.29, 0.717) is 30.0 Å². The predicted octanol–water partition coefficient (Wildman–Crippen LogP) is 1.58. The number of aromatic nitrogens is 1. The monoisotopic (exact) mass is 324 g/mol. The Balaban J connectivity index is 2.08. The molecule has 0 aliphatic carbocycles. The van der Waals surface area contributed by atoms with Crippen molar-refractivity contribution in [3.05, 3.63) is 59.4 Å². The Bertz CT molecular complexity index is 783. The maximum atomic E-state index is 12.3. The molecule has 0 aliphatic rings. The van der Waals surface area contributed by atoms with Crippen LogP contribution in [0.5, 0.6) is 0 Å². The van der Waals surface area contributed by atoms with Crippen LogP contribution in [0.15, 0.2) is 42.6 Å². The van der Waals surface area contributed by atoms with Crippen LogP contribution in [-0.4, -0.2) is 37.1 Å². The average molecular weight is 324 g/mol. The highest BCUT2D eigenvalue weighted by atomic mass is 16.5. The molecule has 0 fully saturated rings. The molecule has 1 aromatic carbocycles. The van der Waals surface area contributed by atoms with Crippen molar-refractivity contribution < 1.29 is 14.3 Å². The number of rotatable bonds is 6. The van der Waals surface area contributed by atoms with Crippen LogP contribution < -0.4 is 10.6 Å². The summed E-state index contributed by atoms with van der Waals surface area (Å²) >= 11 is 0. The van der Waals surface area contributed by atoms with Crippen molar-refractivity contribution in [2.45, 2.75) is 0 Å². The Labute approximate surface area is 139 Å². The minimum Gasteiger partial charge on any atom is -0.383 e. The fourth-order valence-electron chi connectivity index (χ4n) is 1.92. The largest absolute Gasteiger partial charge is 0.383 e. The molecule has 0 aliphatic heterocycles. The summed E-state index contributed by atoms with van der Waals surface area (Å²) in [5.74, 6) is -0.772. The molecule has 24 heavy (non-hydrogen) atoms. The molecule has 1 aromatic heterocycles. The molecule has 0 saturated heterocycles. The fraction of sp³-hybridized carbons (Fsp3) is 0.176. The molecule has 7 nitrogen and oxygen atoms in total. The number of hydrogen-bond acceptors (Lipinski definition) is 5. The van der Waals surface area contributed by atoms with Crippen LogP contribution in [0, 0.1) is 11.3 Å². The normalized spacial score (nSPS) is 9.83. The van der Waals surface area contributed by atoms with Gasteiger partial charge >= 0.3 is 0 Å². The molecule has 0 atom stereocenters. The zero-order valence-corrected chi connectivity index (χ0v) is 13.1. The Hall–Kier alpha value is -3.24. The van der Waals surface area contributed by atoms with E-state index in [4.69, 9.17) is 10.00 Å². The van der Waals surface area contributed by atoms with Gasteiger partial charge in [-0.3, -0.25) is 14.6 Å². The second-order valence-electron chi connectivity index (χ2n) is 4.83. The van der Waals surface area contributed by atoms with Crippen LogP contribution in [0.4, 0.5) is 5.69 Å². The summed E-state index contributed by atoms with van der Waals surface area (Å²) in [6.45, 7) is 0.746. The van der Waals surface area contributed by atoms with Crippen molar-refractivity contribution in [2.24, 2.45) is 0 Å². The highest BCUT2D eigenvalue weighted by Gasteiger charge is 2.12. The smallest absolute Gasteiger partial charge is 0.269 e. The molecule has 0 unspecified atom stereocenters. The standard InChI is InChI=1S/C17H16N4O3/c1-24-8-7-20-17(23)15-10-13(5-6-19-15)16(22)21-14-4-2-3-12(9-14)11-18/h2-6,9-10H,7-8H2,1H3,(H,20,23)(H,21,22). The Kier molecular flexibility index (Phi) is 6.00. The number of carbonyl (C=O) groups excluding carboxylic acids is 2. The third-order valence-electron chi connectivity index (χ3n) is 3.10. The van der Waals surface area contributed by atoms with Gasteiger partial charge < -0.3 is 15.4 Å². The molecule has 2 amide bonds. The average Bonchev–Trinajstić information content (AvgIpc) is 2.62. The third-order valence-corrected chi connectivity index (χ3v) is 3.10. The SMILES string of the molecule is COCCNC(=O)c1cc(C(=O)Nc2cccc(C#N)c2)ccn1. The van der Waals surface area contributed by atoms with Crippen LogP contribution in [0.1, 0.15) is 26.4 Å². The van der Waals surface area contributed by atoms with Gasteiger partial charge in [0, 0.05) is 31.1 Å². The number of benzene rings is 1. The highest BCUT2D eigenvalue weighted by molar-refractivity contribution is 6.05. The molecular formula is C17H16N4O3. The number of carbonyl (C=O) groups is 2. The first-order valence-corrected chi connectivity index (χ1v) is 7.18. The molecule has 2 aromatic rings. The van der Waals surface area contributed by atoms with Gasteiger partial charge in [0.2, 0.25) is 0 Å². The number of amides is 2. The number of pyridine rings is 1. The lowest BCUT2D eigenvalue weighted by Gasteiger charge is -2.07. The molecular weight excluding hydrogens is 308 g/mol. The van der Waals surface area contributed by atoms with Gasteiger partial charge in [0.1, 0.15) is 5.69 Å². The molecule has 0 bridgehead atoms. The van der Waals surface area contributed by atoms with Crippen molar-refractivity contribution in [1.29, 1.82) is 5.26 Å². The van der Waals surface area contributed by atoms with E-state index in [9.17, 15) is 9.59 Å². The molecule has 7 heteroatoms. The predicted molar refractivity (Wildman–Crippen MR) is 87.6 cm³/mol. The highest BCUT2D eigenvalue weighted by Crippen LogP contribution is 2.12. The first-order chi connectivity index (χ1) is 11.6. The van der Waals surface area contributed by atoms with E-state index in [1.165, 1.54) is 25.4 Å². The van der Waals surface area contributed by atoms with Crippen molar-refractivity contribution >= 4 is 17.5 Å². The number of methoxy groups -OCH3 is 1. The summed E-state index contributed by atoms with van der Waals surface area (Å²) in [6, 6.07) is 11.5. The van der Waals surface area contributed by atoms with E-state index in [2.05, 4.69) is 15.6 Å². The maximum absolute atomic E-state index is 12.3. The zero-order chi connectivity index (χ0) is 17.4. The van der Waals surface area contributed by atoms with E-state index in [1.807, 2.05) is 6.07 Å². The third kappa shape index (κ3) is 4.63. The van der Waals surface area contributed by atoms with Gasteiger partial charge in [0.05, 0.1) is 18.2 Å². The summed E-state index contributed by atoms with van der Waals surface area (Å²) in [5, 5.41) is 14.2. The van der Waals surface area contributed by atoms with Crippen LogP contribution in [-0.2, 0) is 4.74 Å². The second kappa shape index (κ2) is 8.41. The van der Waals surface area contributed by atoms with Crippen molar-refractivity contribution in [2.75, 3.05) is 25.6 Å². The molecule has 2 N–H and O–H groups in total. The minimum atomic E-state index is -0.390. The number of nitrogens with one attached hydrogen (secondary N) is 2. The quantitative estimate of drug-likeness (QED) is 0.785. The number of hydrogen-bond donors (Lipinski definition) is 2. The first-order valence-electron chi connectivity index (χ1n) is 7.18. The lowest BCUT2D eigenvalue weighted by molar-refractivity contribution is 0.0932. The summed E-state index contributed by atoms with van der Waals surface area (Å²) in [7, 11) is 1.54. The maximum Gasteiger partial charge on any atom is 0.269 e. The van der Waals surface area contributed by atoms with Crippen LogP contribution in [0.25, 0.3) is 0 Å². The van der Waals surface area contributed by atoms with Crippen molar-refractivity contribution in [1.82, 2.24) is 10.3 Å². The Morgan fingerprint density at radius 1 is 1.25 bits per heavy atom. The number of anilines is 1. The molecule has 0 saturated carbocycles. The van der Waals surface area contributed by atoms with E-state index in [-0.39, 0.29) is 11.6 Å². The topological polar surface area (TPSA) is 104 Å². The lowest BCUT2D eigenvalue weighted by Crippen LogP contribution is -2.28. The minimum absolute atomic E-state index is 0.143. The molecule has 1 heterocycles. The molecule has 0 spiro atoms. The molecule has 0 radical (unpaired) electrons. The first kappa shape index (κ1) is 17.1. The number of ether oxygens (including phenoxy) is 1. The van der Waals surface area contributed by atoms with Gasteiger partial charge in [-0.15, -0.1) is 0 Å². The van der Waals surface area contributed by atoms with E-state index >= 15 is 0 Å². The van der Waals surface area contributed by atoms with Gasteiger partial charge in [-0.25, -0.2) is 0 Å². The lowest BCUT2D eigenvalue weighted by atomic mass is 10.2.